The molecular formula is C14H22BrNO2. The second-order valence-corrected chi connectivity index (χ2v) is 6.34. The van der Waals surface area contributed by atoms with Gasteiger partial charge in [0.05, 0.1) is 0 Å². The molecule has 0 aromatic carbocycles. The Kier molecular flexibility index (Phi) is 4.82. The van der Waals surface area contributed by atoms with Gasteiger partial charge in [0.25, 0.3) is 0 Å². The van der Waals surface area contributed by atoms with Gasteiger partial charge in [-0.15, -0.1) is 0 Å². The van der Waals surface area contributed by atoms with Gasteiger partial charge in [-0.25, -0.2) is 0 Å². The van der Waals surface area contributed by atoms with E-state index in [-0.39, 0.29) is 17.2 Å². The van der Waals surface area contributed by atoms with E-state index in [4.69, 9.17) is 0 Å². The van der Waals surface area contributed by atoms with Crippen molar-refractivity contribution in [3.05, 3.63) is 0 Å². The van der Waals surface area contributed by atoms with E-state index in [1.165, 1.54) is 30.6 Å². The minimum Gasteiger partial charge on any atom is -0.282 e. The van der Waals surface area contributed by atoms with Crippen LogP contribution in [0.3, 0.4) is 0 Å². The highest BCUT2D eigenvalue weighted by atomic mass is 79.9. The fourth-order valence-corrected chi connectivity index (χ4v) is 3.86. The van der Waals surface area contributed by atoms with E-state index in [9.17, 15) is 9.59 Å². The quantitative estimate of drug-likeness (QED) is 0.455. The highest BCUT2D eigenvalue weighted by Gasteiger charge is 2.36. The molecule has 1 heterocycles. The lowest BCUT2D eigenvalue weighted by Crippen LogP contribution is -2.47. The lowest BCUT2D eigenvalue weighted by atomic mass is 9.81. The van der Waals surface area contributed by atoms with Gasteiger partial charge in [-0.05, 0) is 24.7 Å². The van der Waals surface area contributed by atoms with Crippen LogP contribution in [0, 0.1) is 5.41 Å². The van der Waals surface area contributed by atoms with Crippen molar-refractivity contribution in [2.45, 2.75) is 57.8 Å². The van der Waals surface area contributed by atoms with Crippen molar-refractivity contribution in [1.82, 2.24) is 4.90 Å². The molecule has 3 nitrogen and oxygen atoms in total. The molecule has 102 valence electrons. The van der Waals surface area contributed by atoms with Crippen LogP contribution in [0.4, 0.5) is 0 Å². The molecule has 1 saturated carbocycles. The molecule has 0 spiro atoms. The maximum absolute atomic E-state index is 11.9. The largest absolute Gasteiger partial charge is 0.282 e. The average Bonchev–Trinajstić information content (AvgIpc) is 2.60. The molecule has 2 aliphatic rings. The van der Waals surface area contributed by atoms with Crippen molar-refractivity contribution < 1.29 is 9.59 Å². The van der Waals surface area contributed by atoms with Gasteiger partial charge in [-0.1, -0.05) is 41.6 Å². The fraction of sp³-hybridized carbons (Fsp3) is 0.857. The van der Waals surface area contributed by atoms with E-state index in [1.807, 2.05) is 0 Å². The number of nitrogens with zero attached hydrogens (tertiary/aromatic N) is 1. The number of likely N-dealkylation sites (tertiary alicyclic amines) is 1. The van der Waals surface area contributed by atoms with E-state index >= 15 is 0 Å². The van der Waals surface area contributed by atoms with Gasteiger partial charge < -0.3 is 0 Å². The summed E-state index contributed by atoms with van der Waals surface area (Å²) in [6, 6.07) is 0. The Morgan fingerprint density at radius 3 is 2.00 bits per heavy atom. The van der Waals surface area contributed by atoms with Gasteiger partial charge >= 0.3 is 0 Å². The number of halogens is 1. The zero-order chi connectivity index (χ0) is 13.0. The molecule has 0 N–H and O–H groups in total. The summed E-state index contributed by atoms with van der Waals surface area (Å²) >= 11 is 3.62. The van der Waals surface area contributed by atoms with E-state index in [1.54, 1.807) is 0 Å². The Bertz CT molecular complexity index is 306. The first kappa shape index (κ1) is 14.0. The molecule has 0 aromatic rings. The second kappa shape index (κ2) is 6.18. The van der Waals surface area contributed by atoms with Crippen LogP contribution in [-0.2, 0) is 9.59 Å². The summed E-state index contributed by atoms with van der Waals surface area (Å²) in [5, 5.41) is 0.900. The number of rotatable bonds is 3. The lowest BCUT2D eigenvalue weighted by Gasteiger charge is -2.37. The molecule has 2 rings (SSSR count). The second-order valence-electron chi connectivity index (χ2n) is 5.78. The van der Waals surface area contributed by atoms with Crippen LogP contribution in [0.5, 0.6) is 0 Å². The first-order chi connectivity index (χ1) is 8.67. The number of carbonyl (C=O) groups is 2. The molecular weight excluding hydrogens is 294 g/mol. The topological polar surface area (TPSA) is 37.4 Å². The highest BCUT2D eigenvalue weighted by Crippen LogP contribution is 2.38. The van der Waals surface area contributed by atoms with Crippen molar-refractivity contribution >= 4 is 27.7 Å². The number of hydrogen-bond acceptors (Lipinski definition) is 2. The molecule has 4 heteroatoms. The minimum absolute atomic E-state index is 0.0378. The molecule has 1 aliphatic heterocycles. The van der Waals surface area contributed by atoms with Crippen LogP contribution in [0.1, 0.15) is 57.8 Å². The Labute approximate surface area is 117 Å². The van der Waals surface area contributed by atoms with Crippen molar-refractivity contribution in [2.24, 2.45) is 5.41 Å². The summed E-state index contributed by atoms with van der Waals surface area (Å²) in [5.41, 5.74) is 0.124. The normalized spacial score (nSPS) is 25.1. The van der Waals surface area contributed by atoms with Crippen LogP contribution in [0.15, 0.2) is 0 Å². The molecule has 2 fully saturated rings. The van der Waals surface area contributed by atoms with Gasteiger partial charge in [0.15, 0.2) is 0 Å². The Morgan fingerprint density at radius 1 is 0.944 bits per heavy atom. The minimum atomic E-state index is 0.0378. The Morgan fingerprint density at radius 2 is 1.50 bits per heavy atom. The molecule has 0 bridgehead atoms. The van der Waals surface area contributed by atoms with Gasteiger partial charge in [-0.2, -0.15) is 0 Å². The summed E-state index contributed by atoms with van der Waals surface area (Å²) in [6.45, 7) is 0.635. The summed E-state index contributed by atoms with van der Waals surface area (Å²) < 4.78 is 0. The number of hydrogen-bond donors (Lipinski definition) is 0. The van der Waals surface area contributed by atoms with Crippen LogP contribution < -0.4 is 0 Å². The Hall–Kier alpha value is -0.380. The zero-order valence-electron chi connectivity index (χ0n) is 10.9. The number of carbonyl (C=O) groups excluding carboxylic acids is 2. The predicted octanol–water partition coefficient (Wildman–Crippen LogP) is 3.26. The molecule has 1 saturated heterocycles. The summed E-state index contributed by atoms with van der Waals surface area (Å²) in [6.07, 6.45) is 9.12. The average molecular weight is 316 g/mol. The van der Waals surface area contributed by atoms with Gasteiger partial charge in [0, 0.05) is 24.7 Å². The summed E-state index contributed by atoms with van der Waals surface area (Å²) in [4.78, 5) is 25.4. The zero-order valence-corrected chi connectivity index (χ0v) is 12.5. The van der Waals surface area contributed by atoms with Crippen LogP contribution >= 0.6 is 15.9 Å². The van der Waals surface area contributed by atoms with Crippen molar-refractivity contribution in [3.8, 4) is 0 Å². The summed E-state index contributed by atoms with van der Waals surface area (Å²) in [5.74, 6) is 0.0756. The standard InChI is InChI=1S/C14H22BrNO2/c15-10-14(8-3-1-2-4-9-14)11-16-12(17)6-5-7-13(16)18/h1-11H2. The molecule has 0 aromatic heterocycles. The molecule has 1 aliphatic carbocycles. The van der Waals surface area contributed by atoms with Gasteiger partial charge in [-0.3, -0.25) is 14.5 Å². The fourth-order valence-electron chi connectivity index (χ4n) is 3.12. The maximum atomic E-state index is 11.9. The predicted molar refractivity (Wildman–Crippen MR) is 74.5 cm³/mol. The SMILES string of the molecule is O=C1CCCC(=O)N1CC1(CBr)CCCCCC1. The van der Waals surface area contributed by atoms with Crippen molar-refractivity contribution in [2.75, 3.05) is 11.9 Å². The van der Waals surface area contributed by atoms with E-state index < -0.39 is 0 Å². The van der Waals surface area contributed by atoms with Crippen LogP contribution in [0.2, 0.25) is 0 Å². The molecule has 0 unspecified atom stereocenters. The first-order valence-electron chi connectivity index (χ1n) is 7.06. The molecule has 0 radical (unpaired) electrons. The van der Waals surface area contributed by atoms with E-state index in [2.05, 4.69) is 15.9 Å². The maximum Gasteiger partial charge on any atom is 0.229 e. The molecule has 0 atom stereocenters. The van der Waals surface area contributed by atoms with Crippen LogP contribution in [0.25, 0.3) is 0 Å². The van der Waals surface area contributed by atoms with Gasteiger partial charge in [0.1, 0.15) is 0 Å². The third-order valence-corrected chi connectivity index (χ3v) is 5.51. The third-order valence-electron chi connectivity index (χ3n) is 4.32. The van der Waals surface area contributed by atoms with Crippen LogP contribution in [-0.4, -0.2) is 28.6 Å². The Balaban J connectivity index is 2.07. The van der Waals surface area contributed by atoms with E-state index in [0.29, 0.717) is 19.4 Å². The lowest BCUT2D eigenvalue weighted by molar-refractivity contribution is -0.149. The monoisotopic (exact) mass is 315 g/mol. The number of amides is 2. The smallest absolute Gasteiger partial charge is 0.229 e. The number of alkyl halides is 1. The summed E-state index contributed by atoms with van der Waals surface area (Å²) in [7, 11) is 0. The number of piperidine rings is 1. The molecule has 2 amide bonds. The number of imide groups is 1. The van der Waals surface area contributed by atoms with Crippen molar-refractivity contribution in [3.63, 3.8) is 0 Å². The van der Waals surface area contributed by atoms with E-state index in [0.717, 1.165) is 24.6 Å². The van der Waals surface area contributed by atoms with Crippen molar-refractivity contribution in [1.29, 1.82) is 0 Å². The highest BCUT2D eigenvalue weighted by molar-refractivity contribution is 9.09. The van der Waals surface area contributed by atoms with Gasteiger partial charge in [0.2, 0.25) is 11.8 Å². The first-order valence-corrected chi connectivity index (χ1v) is 8.18. The third kappa shape index (κ3) is 3.14. The molecule has 18 heavy (non-hydrogen) atoms.